The van der Waals surface area contributed by atoms with Crippen LogP contribution in [0.1, 0.15) is 31.1 Å². The van der Waals surface area contributed by atoms with Crippen LogP contribution in [-0.4, -0.2) is 36.1 Å². The first-order valence-corrected chi connectivity index (χ1v) is 6.38. The monoisotopic (exact) mass is 264 g/mol. The fraction of sp³-hybridized carbons (Fsp3) is 0.429. The molecule has 1 aromatic carbocycles. The maximum atomic E-state index is 11.8. The van der Waals surface area contributed by atoms with Crippen LogP contribution in [-0.2, 0) is 4.79 Å². The van der Waals surface area contributed by atoms with E-state index in [0.29, 0.717) is 5.56 Å². The largest absolute Gasteiger partial charge is 0.480 e. The van der Waals surface area contributed by atoms with Gasteiger partial charge >= 0.3 is 5.97 Å². The van der Waals surface area contributed by atoms with Gasteiger partial charge in [0.05, 0.1) is 0 Å². The second kappa shape index (κ2) is 6.78. The zero-order chi connectivity index (χ0) is 14.4. The summed E-state index contributed by atoms with van der Waals surface area (Å²) in [5, 5.41) is 11.2. The van der Waals surface area contributed by atoms with E-state index in [-0.39, 0.29) is 5.91 Å². The third kappa shape index (κ3) is 3.98. The number of hydrogen-bond donors (Lipinski definition) is 2. The molecule has 1 amide bonds. The molecule has 0 saturated heterocycles. The molecule has 19 heavy (non-hydrogen) atoms. The van der Waals surface area contributed by atoms with Crippen LogP contribution < -0.4 is 10.2 Å². The van der Waals surface area contributed by atoms with Crippen LogP contribution in [0.25, 0.3) is 0 Å². The number of carbonyl (C=O) groups is 2. The van der Waals surface area contributed by atoms with Gasteiger partial charge < -0.3 is 15.3 Å². The van der Waals surface area contributed by atoms with Gasteiger partial charge in [-0.25, -0.2) is 0 Å². The molecule has 0 aromatic heterocycles. The minimum atomic E-state index is -1.05. The van der Waals surface area contributed by atoms with Gasteiger partial charge in [-0.3, -0.25) is 9.59 Å². The summed E-state index contributed by atoms with van der Waals surface area (Å²) in [5.74, 6) is -1.42. The van der Waals surface area contributed by atoms with Gasteiger partial charge in [0, 0.05) is 24.3 Å². The molecule has 104 valence electrons. The van der Waals surface area contributed by atoms with Crippen molar-refractivity contribution >= 4 is 17.6 Å². The molecular formula is C14H20N2O3. The molecule has 5 nitrogen and oxygen atoms in total. The highest BCUT2D eigenvalue weighted by molar-refractivity contribution is 5.96. The van der Waals surface area contributed by atoms with E-state index in [0.717, 1.165) is 18.8 Å². The van der Waals surface area contributed by atoms with Crippen LogP contribution in [0, 0.1) is 0 Å². The van der Waals surface area contributed by atoms with Crippen molar-refractivity contribution in [2.24, 2.45) is 0 Å². The summed E-state index contributed by atoms with van der Waals surface area (Å²) in [6, 6.07) is 6.26. The third-order valence-corrected chi connectivity index (χ3v) is 2.98. The molecule has 0 saturated carbocycles. The molecule has 5 heteroatoms. The summed E-state index contributed by atoms with van der Waals surface area (Å²) in [4.78, 5) is 24.6. The third-order valence-electron chi connectivity index (χ3n) is 2.98. The Bertz CT molecular complexity index is 439. The first-order chi connectivity index (χ1) is 8.99. The van der Waals surface area contributed by atoms with Gasteiger partial charge in [-0.05, 0) is 45.0 Å². The quantitative estimate of drug-likeness (QED) is 0.821. The van der Waals surface area contributed by atoms with Crippen LogP contribution in [0.3, 0.4) is 0 Å². The van der Waals surface area contributed by atoms with E-state index in [9.17, 15) is 9.59 Å². The minimum Gasteiger partial charge on any atom is -0.480 e. The summed E-state index contributed by atoms with van der Waals surface area (Å²) < 4.78 is 0. The number of nitrogens with zero attached hydrogens (tertiary/aromatic N) is 1. The molecule has 0 aliphatic carbocycles. The summed E-state index contributed by atoms with van der Waals surface area (Å²) in [7, 11) is 0. The Labute approximate surface area is 113 Å². The Morgan fingerprint density at radius 2 is 1.74 bits per heavy atom. The Balaban J connectivity index is 2.76. The fourth-order valence-electron chi connectivity index (χ4n) is 1.75. The smallest absolute Gasteiger partial charge is 0.325 e. The van der Waals surface area contributed by atoms with Crippen molar-refractivity contribution in [3.63, 3.8) is 0 Å². The van der Waals surface area contributed by atoms with Gasteiger partial charge in [-0.15, -0.1) is 0 Å². The van der Waals surface area contributed by atoms with Gasteiger partial charge in [0.25, 0.3) is 5.91 Å². The Hall–Kier alpha value is -2.04. The predicted molar refractivity (Wildman–Crippen MR) is 74.6 cm³/mol. The Kier molecular flexibility index (Phi) is 5.36. The molecular weight excluding hydrogens is 244 g/mol. The maximum Gasteiger partial charge on any atom is 0.325 e. The normalized spacial score (nSPS) is 11.7. The summed E-state index contributed by atoms with van der Waals surface area (Å²) >= 11 is 0. The topological polar surface area (TPSA) is 69.6 Å². The van der Waals surface area contributed by atoms with E-state index in [1.165, 1.54) is 6.92 Å². The second-order valence-corrected chi connectivity index (χ2v) is 4.25. The highest BCUT2D eigenvalue weighted by atomic mass is 16.4. The fourth-order valence-corrected chi connectivity index (χ4v) is 1.75. The van der Waals surface area contributed by atoms with Gasteiger partial charge in [-0.1, -0.05) is 0 Å². The van der Waals surface area contributed by atoms with Crippen LogP contribution >= 0.6 is 0 Å². The number of carboxylic acid groups (broad SMARTS) is 1. The molecule has 0 bridgehead atoms. The highest BCUT2D eigenvalue weighted by Gasteiger charge is 2.15. The number of rotatable bonds is 6. The minimum absolute atomic E-state index is 0.374. The second-order valence-electron chi connectivity index (χ2n) is 4.25. The van der Waals surface area contributed by atoms with Crippen molar-refractivity contribution in [3.05, 3.63) is 29.8 Å². The van der Waals surface area contributed by atoms with E-state index in [4.69, 9.17) is 5.11 Å². The molecule has 0 spiro atoms. The molecule has 0 fully saturated rings. The zero-order valence-corrected chi connectivity index (χ0v) is 11.5. The molecule has 2 N–H and O–H groups in total. The number of carbonyl (C=O) groups excluding carboxylic acids is 1. The SMILES string of the molecule is CCN(CC)c1ccc(C(=O)N[C@@H](C)C(=O)O)cc1. The lowest BCUT2D eigenvalue weighted by Gasteiger charge is -2.21. The Morgan fingerprint density at radius 1 is 1.21 bits per heavy atom. The van der Waals surface area contributed by atoms with Crippen molar-refractivity contribution < 1.29 is 14.7 Å². The van der Waals surface area contributed by atoms with E-state index >= 15 is 0 Å². The van der Waals surface area contributed by atoms with E-state index in [2.05, 4.69) is 24.1 Å². The first-order valence-electron chi connectivity index (χ1n) is 6.38. The van der Waals surface area contributed by atoms with Crippen molar-refractivity contribution in [1.29, 1.82) is 0 Å². The molecule has 1 atom stereocenters. The molecule has 1 rings (SSSR count). The van der Waals surface area contributed by atoms with E-state index in [1.54, 1.807) is 12.1 Å². The number of carboxylic acids is 1. The van der Waals surface area contributed by atoms with Gasteiger partial charge in [0.15, 0.2) is 0 Å². The molecule has 0 aliphatic heterocycles. The van der Waals surface area contributed by atoms with Crippen LogP contribution in [0.4, 0.5) is 5.69 Å². The lowest BCUT2D eigenvalue weighted by molar-refractivity contribution is -0.138. The van der Waals surface area contributed by atoms with Crippen LogP contribution in [0.2, 0.25) is 0 Å². The van der Waals surface area contributed by atoms with Gasteiger partial charge in [0.1, 0.15) is 6.04 Å². The van der Waals surface area contributed by atoms with Crippen LogP contribution in [0.5, 0.6) is 0 Å². The zero-order valence-electron chi connectivity index (χ0n) is 11.5. The van der Waals surface area contributed by atoms with Crippen molar-refractivity contribution in [1.82, 2.24) is 5.32 Å². The Morgan fingerprint density at radius 3 is 2.16 bits per heavy atom. The molecule has 0 aliphatic rings. The highest BCUT2D eigenvalue weighted by Crippen LogP contribution is 2.14. The van der Waals surface area contributed by atoms with Crippen LogP contribution in [0.15, 0.2) is 24.3 Å². The molecule has 0 radical (unpaired) electrons. The first kappa shape index (κ1) is 15.0. The number of benzene rings is 1. The van der Waals surface area contributed by atoms with Gasteiger partial charge in [0.2, 0.25) is 0 Å². The van der Waals surface area contributed by atoms with Crippen molar-refractivity contribution in [2.75, 3.05) is 18.0 Å². The lowest BCUT2D eigenvalue weighted by atomic mass is 10.1. The van der Waals surface area contributed by atoms with E-state index in [1.807, 2.05) is 12.1 Å². The number of nitrogens with one attached hydrogen (secondary N) is 1. The van der Waals surface area contributed by atoms with E-state index < -0.39 is 12.0 Å². The summed E-state index contributed by atoms with van der Waals surface area (Å²) in [6.45, 7) is 7.37. The molecule has 1 aromatic rings. The number of anilines is 1. The lowest BCUT2D eigenvalue weighted by Crippen LogP contribution is -2.38. The molecule has 0 unspecified atom stereocenters. The molecule has 0 heterocycles. The average Bonchev–Trinajstić information content (AvgIpc) is 2.40. The number of hydrogen-bond acceptors (Lipinski definition) is 3. The number of aliphatic carboxylic acids is 1. The van der Waals surface area contributed by atoms with Crippen molar-refractivity contribution in [2.45, 2.75) is 26.8 Å². The number of amides is 1. The van der Waals surface area contributed by atoms with Gasteiger partial charge in [-0.2, -0.15) is 0 Å². The standard InChI is InChI=1S/C14H20N2O3/c1-4-16(5-2)12-8-6-11(7-9-12)13(17)15-10(3)14(18)19/h6-10H,4-5H2,1-3H3,(H,15,17)(H,18,19)/t10-/m0/s1. The predicted octanol–water partition coefficient (Wildman–Crippen LogP) is 1.74. The maximum absolute atomic E-state index is 11.8. The average molecular weight is 264 g/mol. The summed E-state index contributed by atoms with van der Waals surface area (Å²) in [6.07, 6.45) is 0. The van der Waals surface area contributed by atoms with Crippen molar-refractivity contribution in [3.8, 4) is 0 Å². The summed E-state index contributed by atoms with van der Waals surface area (Å²) in [5.41, 5.74) is 1.51.